The van der Waals surface area contributed by atoms with E-state index >= 15 is 0 Å². The van der Waals surface area contributed by atoms with E-state index in [1.54, 1.807) is 56.3 Å². The molecule has 4 aromatic rings. The molecule has 4 rings (SSSR count). The van der Waals surface area contributed by atoms with Crippen molar-refractivity contribution in [2.45, 2.75) is 18.7 Å². The topological polar surface area (TPSA) is 140 Å². The number of amides is 1. The van der Waals surface area contributed by atoms with Crippen LogP contribution in [0.4, 0.5) is 17.1 Å². The van der Waals surface area contributed by atoms with Gasteiger partial charge in [0.2, 0.25) is 0 Å². The molecule has 0 unspecified atom stereocenters. The first kappa shape index (κ1) is 30.8. The van der Waals surface area contributed by atoms with Gasteiger partial charge in [0.1, 0.15) is 16.3 Å². The number of rotatable bonds is 7. The standard InChI is InChI=1S/C26H21Cl2N3O6S.Na/c1-3-37-21-10-6-9-18(27)24(21)29-26(33)17-12-15-7-4-5-8-16(15)23(25(17)32)31-30-20-13-22(38(34,35)36)19(28)11-14(20)2;/h4-13,32H,3H2,1-2H3,(H,29,33)(H,34,35,36);/q;+1/p-1. The number of halogens is 2. The van der Waals surface area contributed by atoms with Crippen LogP contribution in [0.2, 0.25) is 10.0 Å². The Morgan fingerprint density at radius 2 is 1.77 bits per heavy atom. The molecule has 0 saturated heterocycles. The van der Waals surface area contributed by atoms with Gasteiger partial charge in [0.15, 0.2) is 0 Å². The predicted octanol–water partition coefficient (Wildman–Crippen LogP) is 3.85. The van der Waals surface area contributed by atoms with Gasteiger partial charge in [-0.25, -0.2) is 0 Å². The predicted molar refractivity (Wildman–Crippen MR) is 144 cm³/mol. The molecule has 0 fully saturated rings. The monoisotopic (exact) mass is 595 g/mol. The van der Waals surface area contributed by atoms with Crippen LogP contribution in [0.15, 0.2) is 75.8 Å². The molecule has 9 nitrogen and oxygen atoms in total. The SMILES string of the molecule is CCOc1cccc(Cl)c1NC(=O)c1cc2ccccc2c(N=Nc2cc(S(=O)(=O)O)c(Cl)cc2C)c1[O-].[Na+]. The molecular weight excluding hydrogens is 576 g/mol. The normalized spacial score (nSPS) is 11.4. The summed E-state index contributed by atoms with van der Waals surface area (Å²) in [6.45, 7) is 3.72. The van der Waals surface area contributed by atoms with Gasteiger partial charge >= 0.3 is 29.6 Å². The average molecular weight is 596 g/mol. The molecule has 0 aliphatic heterocycles. The van der Waals surface area contributed by atoms with E-state index in [-0.39, 0.29) is 62.2 Å². The number of carbonyl (C=O) groups is 1. The van der Waals surface area contributed by atoms with Gasteiger partial charge in [-0.05, 0) is 55.1 Å². The van der Waals surface area contributed by atoms with Crippen LogP contribution in [0.1, 0.15) is 22.8 Å². The fourth-order valence-corrected chi connectivity index (χ4v) is 5.00. The summed E-state index contributed by atoms with van der Waals surface area (Å²) in [5, 5.41) is 25.3. The average Bonchev–Trinajstić information content (AvgIpc) is 2.85. The number of fused-ring (bicyclic) bond motifs is 1. The Morgan fingerprint density at radius 3 is 2.46 bits per heavy atom. The molecule has 39 heavy (non-hydrogen) atoms. The molecule has 0 atom stereocenters. The summed E-state index contributed by atoms with van der Waals surface area (Å²) in [7, 11) is -4.63. The van der Waals surface area contributed by atoms with Crippen molar-refractivity contribution in [3.8, 4) is 11.5 Å². The molecule has 0 radical (unpaired) electrons. The van der Waals surface area contributed by atoms with Crippen molar-refractivity contribution in [2.24, 2.45) is 10.2 Å². The van der Waals surface area contributed by atoms with E-state index in [0.29, 0.717) is 28.7 Å². The first-order valence-electron chi connectivity index (χ1n) is 11.2. The Bertz CT molecular complexity index is 1710. The zero-order valence-electron chi connectivity index (χ0n) is 21.0. The minimum absolute atomic E-state index is 0. The molecule has 0 saturated carbocycles. The Labute approximate surface area is 256 Å². The van der Waals surface area contributed by atoms with Gasteiger partial charge in [0.05, 0.1) is 28.0 Å². The second-order valence-electron chi connectivity index (χ2n) is 8.07. The first-order valence-corrected chi connectivity index (χ1v) is 13.4. The fourth-order valence-electron chi connectivity index (χ4n) is 3.71. The van der Waals surface area contributed by atoms with Crippen molar-refractivity contribution in [1.29, 1.82) is 0 Å². The molecule has 0 spiro atoms. The molecule has 0 heterocycles. The zero-order valence-corrected chi connectivity index (χ0v) is 25.4. The van der Waals surface area contributed by atoms with Gasteiger partial charge in [-0.2, -0.15) is 18.6 Å². The Morgan fingerprint density at radius 1 is 1.05 bits per heavy atom. The van der Waals surface area contributed by atoms with E-state index in [1.807, 2.05) is 0 Å². The number of nitrogens with one attached hydrogen (secondary N) is 1. The quantitative estimate of drug-likeness (QED) is 0.189. The number of benzene rings is 4. The number of nitrogens with zero attached hydrogens (tertiary/aromatic N) is 2. The van der Waals surface area contributed by atoms with E-state index in [2.05, 4.69) is 15.5 Å². The van der Waals surface area contributed by atoms with E-state index in [1.165, 1.54) is 12.1 Å². The summed E-state index contributed by atoms with van der Waals surface area (Å²) in [6, 6.07) is 15.5. The van der Waals surface area contributed by atoms with Crippen molar-refractivity contribution >= 4 is 67.1 Å². The smallest absolute Gasteiger partial charge is 0.870 e. The van der Waals surface area contributed by atoms with E-state index in [9.17, 15) is 22.9 Å². The Kier molecular flexibility index (Phi) is 10.0. The second-order valence-corrected chi connectivity index (χ2v) is 10.3. The number of aryl methyl sites for hydroxylation is 1. The van der Waals surface area contributed by atoms with Crippen LogP contribution in [0.25, 0.3) is 10.8 Å². The van der Waals surface area contributed by atoms with Gasteiger partial charge in [-0.3, -0.25) is 9.35 Å². The van der Waals surface area contributed by atoms with Gasteiger partial charge in [-0.1, -0.05) is 59.3 Å². The molecule has 4 aromatic carbocycles. The van der Waals surface area contributed by atoms with Crippen LogP contribution in [-0.2, 0) is 10.1 Å². The van der Waals surface area contributed by atoms with Crippen molar-refractivity contribution < 1.29 is 57.2 Å². The molecular formula is C26H20Cl2N3NaO6S. The third-order valence-corrected chi connectivity index (χ3v) is 7.15. The molecule has 196 valence electrons. The maximum atomic E-state index is 13.5. The molecule has 1 amide bonds. The summed E-state index contributed by atoms with van der Waals surface area (Å²) in [5.41, 5.74) is 0.356. The second kappa shape index (κ2) is 12.6. The molecule has 2 N–H and O–H groups in total. The molecule has 0 bridgehead atoms. The van der Waals surface area contributed by atoms with Gasteiger partial charge in [0.25, 0.3) is 16.0 Å². The minimum atomic E-state index is -4.63. The number of hydrogen-bond donors (Lipinski definition) is 2. The summed E-state index contributed by atoms with van der Waals surface area (Å²) in [5.74, 6) is -1.10. The number of azo groups is 1. The van der Waals surface area contributed by atoms with Crippen LogP contribution in [0, 0.1) is 6.92 Å². The maximum Gasteiger partial charge on any atom is 1.00 e. The number of carbonyl (C=O) groups excluding carboxylic acids is 1. The van der Waals surface area contributed by atoms with Crippen LogP contribution in [0.5, 0.6) is 11.5 Å². The van der Waals surface area contributed by atoms with Gasteiger partial charge < -0.3 is 15.2 Å². The first-order chi connectivity index (χ1) is 18.0. The third kappa shape index (κ3) is 6.72. The van der Waals surface area contributed by atoms with Crippen molar-refractivity contribution in [3.63, 3.8) is 0 Å². The summed E-state index contributed by atoms with van der Waals surface area (Å²) >= 11 is 12.2. The minimum Gasteiger partial charge on any atom is -0.870 e. The Hall–Kier alpha value is -2.70. The number of hydrogen-bond acceptors (Lipinski definition) is 7. The summed E-state index contributed by atoms with van der Waals surface area (Å²) < 4.78 is 38.3. The number of ether oxygens (including phenoxy) is 1. The Balaban J connectivity index is 0.00000420. The van der Waals surface area contributed by atoms with E-state index < -0.39 is 26.7 Å². The molecule has 0 aromatic heterocycles. The van der Waals surface area contributed by atoms with Crippen LogP contribution in [0.3, 0.4) is 0 Å². The van der Waals surface area contributed by atoms with E-state index in [0.717, 1.165) is 6.07 Å². The van der Waals surface area contributed by atoms with Crippen molar-refractivity contribution in [1.82, 2.24) is 0 Å². The molecule has 0 aliphatic carbocycles. The zero-order chi connectivity index (χ0) is 27.6. The number of anilines is 1. The van der Waals surface area contributed by atoms with Gasteiger partial charge in [-0.15, -0.1) is 0 Å². The van der Waals surface area contributed by atoms with Crippen molar-refractivity contribution in [3.05, 3.63) is 81.8 Å². The molecule has 0 aliphatic rings. The van der Waals surface area contributed by atoms with E-state index in [4.69, 9.17) is 27.9 Å². The van der Waals surface area contributed by atoms with Gasteiger partial charge in [0, 0.05) is 10.9 Å². The van der Waals surface area contributed by atoms with Crippen LogP contribution < -0.4 is 44.7 Å². The fraction of sp³-hybridized carbons (Fsp3) is 0.115. The summed E-state index contributed by atoms with van der Waals surface area (Å²) in [4.78, 5) is 12.7. The molecule has 13 heteroatoms. The largest absolute Gasteiger partial charge is 1.00 e. The van der Waals surface area contributed by atoms with Crippen LogP contribution in [-0.4, -0.2) is 25.5 Å². The number of para-hydroxylation sites is 1. The summed E-state index contributed by atoms with van der Waals surface area (Å²) in [6.07, 6.45) is 0. The van der Waals surface area contributed by atoms with Crippen molar-refractivity contribution in [2.75, 3.05) is 11.9 Å². The van der Waals surface area contributed by atoms with Crippen LogP contribution >= 0.6 is 23.2 Å². The third-order valence-electron chi connectivity index (χ3n) is 5.52. The maximum absolute atomic E-state index is 13.5.